The Hall–Kier alpha value is -1.50. The van der Waals surface area contributed by atoms with E-state index in [4.69, 9.17) is 11.0 Å². The normalized spacial score (nSPS) is 22.1. The van der Waals surface area contributed by atoms with Crippen LogP contribution in [-0.2, 0) is 0 Å². The molecule has 15 heavy (non-hydrogen) atoms. The molecule has 1 heterocycles. The van der Waals surface area contributed by atoms with Crippen molar-refractivity contribution in [3.63, 3.8) is 0 Å². The van der Waals surface area contributed by atoms with E-state index < -0.39 is 0 Å². The van der Waals surface area contributed by atoms with E-state index >= 15 is 0 Å². The highest BCUT2D eigenvalue weighted by Gasteiger charge is 2.32. The first kappa shape index (κ1) is 8.78. The monoisotopic (exact) mass is 212 g/mol. The van der Waals surface area contributed by atoms with E-state index in [-0.39, 0.29) is 5.37 Å². The fourth-order valence-corrected chi connectivity index (χ4v) is 3.12. The van der Waals surface area contributed by atoms with Gasteiger partial charge in [-0.15, -0.1) is 11.8 Å². The second-order valence-electron chi connectivity index (χ2n) is 3.53. The van der Waals surface area contributed by atoms with Gasteiger partial charge in [-0.3, -0.25) is 0 Å². The van der Waals surface area contributed by atoms with Crippen molar-refractivity contribution in [2.24, 2.45) is 5.73 Å². The number of nitriles is 1. The maximum Gasteiger partial charge on any atom is 0.0980 e. The lowest BCUT2D eigenvalue weighted by molar-refractivity contribution is 1.12. The molecule has 0 bridgehead atoms. The van der Waals surface area contributed by atoms with Crippen LogP contribution >= 0.6 is 11.8 Å². The molecular formula is C12H8N2S. The average molecular weight is 212 g/mol. The van der Waals surface area contributed by atoms with Crippen molar-refractivity contribution >= 4 is 23.4 Å². The summed E-state index contributed by atoms with van der Waals surface area (Å²) in [4.78, 5) is 1.14. The van der Waals surface area contributed by atoms with Crippen LogP contribution in [0.25, 0.3) is 11.6 Å². The lowest BCUT2D eigenvalue weighted by Crippen LogP contribution is -2.14. The largest absolute Gasteiger partial charge is 0.315 e. The first-order chi connectivity index (χ1) is 7.31. The van der Waals surface area contributed by atoms with Crippen molar-refractivity contribution in [2.45, 2.75) is 5.37 Å². The molecule has 0 aromatic heterocycles. The maximum absolute atomic E-state index is 9.08. The van der Waals surface area contributed by atoms with Gasteiger partial charge in [0.2, 0.25) is 0 Å². The standard InChI is InChI=1S/C12H8N2S/c13-6-9-11-8-4-2-1-3-7(8)5-10(11)15-12(9)14/h1-5,12H,14H2. The number of thioether (sulfide) groups is 1. The number of hydrogen-bond acceptors (Lipinski definition) is 3. The first-order valence-electron chi connectivity index (χ1n) is 4.69. The van der Waals surface area contributed by atoms with Crippen molar-refractivity contribution in [3.8, 4) is 6.07 Å². The summed E-state index contributed by atoms with van der Waals surface area (Å²) in [7, 11) is 0. The third-order valence-corrected chi connectivity index (χ3v) is 3.76. The Morgan fingerprint density at radius 3 is 2.93 bits per heavy atom. The Morgan fingerprint density at radius 1 is 1.33 bits per heavy atom. The summed E-state index contributed by atoms with van der Waals surface area (Å²) in [6.45, 7) is 0. The van der Waals surface area contributed by atoms with E-state index in [9.17, 15) is 0 Å². The van der Waals surface area contributed by atoms with Gasteiger partial charge in [-0.2, -0.15) is 5.26 Å². The van der Waals surface area contributed by atoms with Crippen molar-refractivity contribution in [3.05, 3.63) is 45.9 Å². The fraction of sp³-hybridized carbons (Fsp3) is 0.0833. The summed E-state index contributed by atoms with van der Waals surface area (Å²) in [6.07, 6.45) is 2.11. The molecule has 1 aliphatic heterocycles. The van der Waals surface area contributed by atoms with Gasteiger partial charge in [0.05, 0.1) is 17.0 Å². The predicted molar refractivity (Wildman–Crippen MR) is 62.5 cm³/mol. The van der Waals surface area contributed by atoms with Crippen LogP contribution in [0.3, 0.4) is 0 Å². The van der Waals surface area contributed by atoms with Crippen LogP contribution in [-0.4, -0.2) is 5.37 Å². The van der Waals surface area contributed by atoms with Gasteiger partial charge in [0.15, 0.2) is 0 Å². The smallest absolute Gasteiger partial charge is 0.0980 e. The number of rotatable bonds is 0. The van der Waals surface area contributed by atoms with Gasteiger partial charge in [0, 0.05) is 10.5 Å². The van der Waals surface area contributed by atoms with E-state index in [1.165, 1.54) is 5.56 Å². The number of fused-ring (bicyclic) bond motifs is 3. The molecule has 1 aromatic carbocycles. The zero-order valence-electron chi connectivity index (χ0n) is 7.90. The summed E-state index contributed by atoms with van der Waals surface area (Å²) in [5, 5.41) is 8.89. The molecule has 0 saturated heterocycles. The molecule has 0 saturated carbocycles. The molecule has 0 fully saturated rings. The summed E-state index contributed by atoms with van der Waals surface area (Å²) >= 11 is 1.57. The van der Waals surface area contributed by atoms with E-state index in [0.717, 1.165) is 16.0 Å². The molecule has 1 aliphatic carbocycles. The lowest BCUT2D eigenvalue weighted by atomic mass is 10.0. The van der Waals surface area contributed by atoms with Crippen LogP contribution < -0.4 is 5.73 Å². The molecule has 2 aliphatic rings. The Bertz CT molecular complexity index is 549. The highest BCUT2D eigenvalue weighted by Crippen LogP contribution is 2.50. The third-order valence-electron chi connectivity index (χ3n) is 2.69. The van der Waals surface area contributed by atoms with Crippen LogP contribution in [0.5, 0.6) is 0 Å². The molecule has 0 spiro atoms. The number of nitrogens with two attached hydrogens (primary N) is 1. The predicted octanol–water partition coefficient (Wildman–Crippen LogP) is 2.35. The van der Waals surface area contributed by atoms with Crippen molar-refractivity contribution < 1.29 is 0 Å². The topological polar surface area (TPSA) is 49.8 Å². The Morgan fingerprint density at radius 2 is 2.13 bits per heavy atom. The fourth-order valence-electron chi connectivity index (χ4n) is 2.02. The SMILES string of the molecule is N#CC1=C2C(=Cc3ccccc32)SC1N. The van der Waals surface area contributed by atoms with Crippen molar-refractivity contribution in [2.75, 3.05) is 0 Å². The maximum atomic E-state index is 9.08. The zero-order chi connectivity index (χ0) is 10.4. The van der Waals surface area contributed by atoms with Crippen molar-refractivity contribution in [1.82, 2.24) is 0 Å². The van der Waals surface area contributed by atoms with E-state index in [0.29, 0.717) is 5.57 Å². The van der Waals surface area contributed by atoms with Crippen LogP contribution in [0.2, 0.25) is 0 Å². The number of benzene rings is 1. The van der Waals surface area contributed by atoms with Crippen LogP contribution in [0.15, 0.2) is 34.7 Å². The number of hydrogen-bond donors (Lipinski definition) is 1. The molecule has 1 unspecified atom stereocenters. The first-order valence-corrected chi connectivity index (χ1v) is 5.57. The van der Waals surface area contributed by atoms with Crippen LogP contribution in [0, 0.1) is 11.3 Å². The molecule has 1 atom stereocenters. The van der Waals surface area contributed by atoms with Gasteiger partial charge in [0.1, 0.15) is 0 Å². The van der Waals surface area contributed by atoms with E-state index in [2.05, 4.69) is 18.2 Å². The second kappa shape index (κ2) is 2.99. The van der Waals surface area contributed by atoms with Gasteiger partial charge < -0.3 is 5.73 Å². The van der Waals surface area contributed by atoms with Gasteiger partial charge >= 0.3 is 0 Å². The second-order valence-corrected chi connectivity index (χ2v) is 4.72. The molecule has 0 amide bonds. The highest BCUT2D eigenvalue weighted by molar-refractivity contribution is 8.05. The van der Waals surface area contributed by atoms with Gasteiger partial charge in [0.25, 0.3) is 0 Å². The molecular weight excluding hydrogens is 204 g/mol. The summed E-state index contributed by atoms with van der Waals surface area (Å²) < 4.78 is 0. The van der Waals surface area contributed by atoms with Gasteiger partial charge in [-0.1, -0.05) is 24.3 Å². The minimum Gasteiger partial charge on any atom is -0.315 e. The Balaban J connectivity index is 2.30. The molecule has 72 valence electrons. The minimum atomic E-state index is -0.190. The van der Waals surface area contributed by atoms with E-state index in [1.807, 2.05) is 18.2 Å². The highest BCUT2D eigenvalue weighted by atomic mass is 32.2. The summed E-state index contributed by atoms with van der Waals surface area (Å²) in [5.41, 5.74) is 9.96. The van der Waals surface area contributed by atoms with Crippen molar-refractivity contribution in [1.29, 1.82) is 5.26 Å². The average Bonchev–Trinajstić information content (AvgIpc) is 2.72. The molecule has 1 aromatic rings. The Labute approximate surface area is 92.1 Å². The summed E-state index contributed by atoms with van der Waals surface area (Å²) in [5.74, 6) is 0. The molecule has 2 N–H and O–H groups in total. The minimum absolute atomic E-state index is 0.190. The lowest BCUT2D eigenvalue weighted by Gasteiger charge is -2.02. The van der Waals surface area contributed by atoms with Crippen LogP contribution in [0.4, 0.5) is 0 Å². The number of nitrogens with zero attached hydrogens (tertiary/aromatic N) is 1. The number of allylic oxidation sites excluding steroid dienone is 1. The third kappa shape index (κ3) is 1.09. The van der Waals surface area contributed by atoms with E-state index in [1.54, 1.807) is 11.8 Å². The Kier molecular flexibility index (Phi) is 1.75. The molecule has 3 rings (SSSR count). The molecule has 0 radical (unpaired) electrons. The summed E-state index contributed by atoms with van der Waals surface area (Å²) in [6, 6.07) is 10.3. The van der Waals surface area contributed by atoms with Crippen LogP contribution in [0.1, 0.15) is 11.1 Å². The molecule has 2 nitrogen and oxygen atoms in total. The van der Waals surface area contributed by atoms with Gasteiger partial charge in [-0.05, 0) is 17.2 Å². The quantitative estimate of drug-likeness (QED) is 0.718. The van der Waals surface area contributed by atoms with Gasteiger partial charge in [-0.25, -0.2) is 0 Å². The molecule has 3 heteroatoms. The zero-order valence-corrected chi connectivity index (χ0v) is 8.71.